The highest BCUT2D eigenvalue weighted by molar-refractivity contribution is 5.90. The van der Waals surface area contributed by atoms with Gasteiger partial charge in [-0.15, -0.1) is 0 Å². The zero-order chi connectivity index (χ0) is 14.0. The Balaban J connectivity index is 2.40. The number of ether oxygens (including phenoxy) is 1. The molecule has 0 saturated carbocycles. The molecule has 1 aromatic carbocycles. The van der Waals surface area contributed by atoms with Gasteiger partial charge in [-0.3, -0.25) is 0 Å². The molecular formula is C12H8FNO5. The van der Waals surface area contributed by atoms with Crippen molar-refractivity contribution in [3.05, 3.63) is 41.3 Å². The number of benzene rings is 1. The van der Waals surface area contributed by atoms with Crippen molar-refractivity contribution in [2.75, 3.05) is 7.11 Å². The van der Waals surface area contributed by atoms with E-state index in [-0.39, 0.29) is 22.6 Å². The first kappa shape index (κ1) is 12.7. The molecule has 0 aliphatic rings. The van der Waals surface area contributed by atoms with Gasteiger partial charge in [0.15, 0.2) is 11.5 Å². The Hall–Kier alpha value is -2.70. The molecule has 0 spiro atoms. The van der Waals surface area contributed by atoms with Crippen molar-refractivity contribution in [2.45, 2.75) is 0 Å². The molecule has 98 valence electrons. The largest absolute Gasteiger partial charge is 0.476 e. The van der Waals surface area contributed by atoms with Gasteiger partial charge in [0, 0.05) is 6.07 Å². The predicted octanol–water partition coefficient (Wildman–Crippen LogP) is 1.97. The Morgan fingerprint density at radius 2 is 2.11 bits per heavy atom. The Bertz CT molecular complexity index is 649. The summed E-state index contributed by atoms with van der Waals surface area (Å²) in [7, 11) is 1.18. The van der Waals surface area contributed by atoms with Crippen LogP contribution in [0.1, 0.15) is 20.8 Å². The second-order valence-electron chi connectivity index (χ2n) is 3.57. The molecule has 0 fully saturated rings. The van der Waals surface area contributed by atoms with E-state index in [1.807, 2.05) is 0 Å². The SMILES string of the molecule is COC(=O)c1ccc(-c2cc(C(=O)O)no2)c(F)c1. The van der Waals surface area contributed by atoms with Gasteiger partial charge in [0.2, 0.25) is 0 Å². The van der Waals surface area contributed by atoms with Gasteiger partial charge in [-0.2, -0.15) is 0 Å². The lowest BCUT2D eigenvalue weighted by Crippen LogP contribution is -2.01. The third-order valence-corrected chi connectivity index (χ3v) is 2.38. The average Bonchev–Trinajstić information content (AvgIpc) is 2.87. The summed E-state index contributed by atoms with van der Waals surface area (Å²) in [4.78, 5) is 21.8. The number of carbonyl (C=O) groups is 2. The number of carbonyl (C=O) groups excluding carboxylic acids is 1. The summed E-state index contributed by atoms with van der Waals surface area (Å²) < 4.78 is 23.0. The van der Waals surface area contributed by atoms with Crippen LogP contribution in [0.2, 0.25) is 0 Å². The highest BCUT2D eigenvalue weighted by Crippen LogP contribution is 2.24. The molecule has 0 amide bonds. The fraction of sp³-hybridized carbons (Fsp3) is 0.0833. The number of carboxylic acids is 1. The molecule has 1 N–H and O–H groups in total. The van der Waals surface area contributed by atoms with Crippen molar-refractivity contribution in [1.82, 2.24) is 5.16 Å². The van der Waals surface area contributed by atoms with Crippen LogP contribution in [0, 0.1) is 5.82 Å². The molecule has 0 atom stereocenters. The molecule has 2 aromatic rings. The first-order valence-electron chi connectivity index (χ1n) is 5.11. The van der Waals surface area contributed by atoms with Crippen LogP contribution < -0.4 is 0 Å². The number of aromatic carboxylic acids is 1. The molecule has 2 rings (SSSR count). The minimum atomic E-state index is -1.28. The number of nitrogens with zero attached hydrogens (tertiary/aromatic N) is 1. The first-order valence-corrected chi connectivity index (χ1v) is 5.11. The van der Waals surface area contributed by atoms with Gasteiger partial charge in [-0.1, -0.05) is 5.16 Å². The Kier molecular flexibility index (Phi) is 3.28. The van der Waals surface area contributed by atoms with Crippen LogP contribution in [0.3, 0.4) is 0 Å². The number of esters is 1. The lowest BCUT2D eigenvalue weighted by atomic mass is 10.1. The van der Waals surface area contributed by atoms with Crippen molar-refractivity contribution >= 4 is 11.9 Å². The standard InChI is InChI=1S/C12H8FNO5/c1-18-12(17)6-2-3-7(8(13)4-6)10-5-9(11(15)16)14-19-10/h2-5H,1H3,(H,15,16). The lowest BCUT2D eigenvalue weighted by Gasteiger charge is -2.02. The fourth-order valence-electron chi connectivity index (χ4n) is 1.46. The van der Waals surface area contributed by atoms with E-state index in [1.165, 1.54) is 19.2 Å². The molecule has 1 heterocycles. The molecule has 0 bridgehead atoms. The second kappa shape index (κ2) is 4.89. The second-order valence-corrected chi connectivity index (χ2v) is 3.57. The maximum absolute atomic E-state index is 13.8. The van der Waals surface area contributed by atoms with Gasteiger partial charge in [0.05, 0.1) is 18.2 Å². The van der Waals surface area contributed by atoms with Crippen LogP contribution in [-0.4, -0.2) is 29.3 Å². The summed E-state index contributed by atoms with van der Waals surface area (Å²) in [6.07, 6.45) is 0. The lowest BCUT2D eigenvalue weighted by molar-refractivity contribution is 0.0599. The van der Waals surface area contributed by atoms with Gasteiger partial charge in [0.1, 0.15) is 5.82 Å². The summed E-state index contributed by atoms with van der Waals surface area (Å²) >= 11 is 0. The highest BCUT2D eigenvalue weighted by Gasteiger charge is 2.17. The summed E-state index contributed by atoms with van der Waals surface area (Å²) in [6, 6.07) is 4.70. The van der Waals surface area contributed by atoms with E-state index in [0.29, 0.717) is 0 Å². The van der Waals surface area contributed by atoms with Crippen LogP contribution in [-0.2, 0) is 4.74 Å². The number of hydrogen-bond acceptors (Lipinski definition) is 5. The third kappa shape index (κ3) is 2.44. The fourth-order valence-corrected chi connectivity index (χ4v) is 1.46. The van der Waals surface area contributed by atoms with Gasteiger partial charge < -0.3 is 14.4 Å². The minimum Gasteiger partial charge on any atom is -0.476 e. The molecule has 1 aromatic heterocycles. The topological polar surface area (TPSA) is 89.6 Å². The average molecular weight is 265 g/mol. The maximum Gasteiger partial charge on any atom is 0.358 e. The third-order valence-electron chi connectivity index (χ3n) is 2.38. The molecule has 0 unspecified atom stereocenters. The highest BCUT2D eigenvalue weighted by atomic mass is 19.1. The smallest absolute Gasteiger partial charge is 0.358 e. The molecule has 0 aliphatic heterocycles. The van der Waals surface area contributed by atoms with Gasteiger partial charge in [-0.05, 0) is 18.2 Å². The Labute approximate surface area is 106 Å². The van der Waals surface area contributed by atoms with Crippen molar-refractivity contribution in [1.29, 1.82) is 0 Å². The maximum atomic E-state index is 13.8. The van der Waals surface area contributed by atoms with Crippen molar-refractivity contribution < 1.29 is 28.3 Å². The molecular weight excluding hydrogens is 257 g/mol. The van der Waals surface area contributed by atoms with Gasteiger partial charge in [0.25, 0.3) is 0 Å². The first-order chi connectivity index (χ1) is 9.02. The van der Waals surface area contributed by atoms with Crippen LogP contribution in [0.15, 0.2) is 28.8 Å². The number of methoxy groups -OCH3 is 1. The molecule has 0 saturated heterocycles. The summed E-state index contributed by atoms with van der Waals surface area (Å²) in [5, 5.41) is 12.0. The van der Waals surface area contributed by atoms with Crippen molar-refractivity contribution in [3.63, 3.8) is 0 Å². The van der Waals surface area contributed by atoms with E-state index >= 15 is 0 Å². The van der Waals surface area contributed by atoms with E-state index in [0.717, 1.165) is 12.1 Å². The number of aromatic nitrogens is 1. The number of rotatable bonds is 3. The molecule has 0 aliphatic carbocycles. The zero-order valence-electron chi connectivity index (χ0n) is 9.71. The molecule has 7 heteroatoms. The predicted molar refractivity (Wildman–Crippen MR) is 60.2 cm³/mol. The number of carboxylic acid groups (broad SMARTS) is 1. The van der Waals surface area contributed by atoms with Gasteiger partial charge in [-0.25, -0.2) is 14.0 Å². The summed E-state index contributed by atoms with van der Waals surface area (Å²) in [5.41, 5.74) is -0.277. The van der Waals surface area contributed by atoms with E-state index in [4.69, 9.17) is 9.63 Å². The van der Waals surface area contributed by atoms with Crippen LogP contribution in [0.25, 0.3) is 11.3 Å². The van der Waals surface area contributed by atoms with E-state index in [1.54, 1.807) is 0 Å². The number of hydrogen-bond donors (Lipinski definition) is 1. The van der Waals surface area contributed by atoms with Gasteiger partial charge >= 0.3 is 11.9 Å². The minimum absolute atomic E-state index is 0.00709. The van der Waals surface area contributed by atoms with Crippen LogP contribution in [0.4, 0.5) is 4.39 Å². The normalized spacial score (nSPS) is 10.2. The summed E-state index contributed by atoms with van der Waals surface area (Å²) in [5.74, 6) is -2.72. The zero-order valence-corrected chi connectivity index (χ0v) is 9.71. The van der Waals surface area contributed by atoms with Crippen LogP contribution in [0.5, 0.6) is 0 Å². The Morgan fingerprint density at radius 3 is 2.63 bits per heavy atom. The van der Waals surface area contributed by atoms with Crippen molar-refractivity contribution in [3.8, 4) is 11.3 Å². The van der Waals surface area contributed by atoms with E-state index in [2.05, 4.69) is 9.89 Å². The molecule has 0 radical (unpaired) electrons. The van der Waals surface area contributed by atoms with Crippen molar-refractivity contribution in [2.24, 2.45) is 0 Å². The quantitative estimate of drug-likeness (QED) is 0.853. The molecule has 19 heavy (non-hydrogen) atoms. The van der Waals surface area contributed by atoms with E-state index < -0.39 is 17.8 Å². The Morgan fingerprint density at radius 1 is 1.37 bits per heavy atom. The summed E-state index contributed by atoms with van der Waals surface area (Å²) in [6.45, 7) is 0. The number of halogens is 1. The molecule has 6 nitrogen and oxygen atoms in total. The van der Waals surface area contributed by atoms with E-state index in [9.17, 15) is 14.0 Å². The van der Waals surface area contributed by atoms with Crippen LogP contribution >= 0.6 is 0 Å². The monoisotopic (exact) mass is 265 g/mol.